The third-order valence-electron chi connectivity index (χ3n) is 1.96. The zero-order valence-electron chi connectivity index (χ0n) is 9.19. The molecule has 0 aliphatic rings. The average Bonchev–Trinajstić information content (AvgIpc) is 2.13. The average molecular weight is 182 g/mol. The van der Waals surface area contributed by atoms with E-state index in [1.165, 1.54) is 0 Å². The number of hydrogen-bond acceptors (Lipinski definition) is 2. The van der Waals surface area contributed by atoms with Crippen LogP contribution in [0.2, 0.25) is 0 Å². The lowest BCUT2D eigenvalue weighted by molar-refractivity contribution is 0.419. The molecule has 0 unspecified atom stereocenters. The van der Waals surface area contributed by atoms with E-state index >= 15 is 0 Å². The Labute approximate surface area is 82.3 Å². The summed E-state index contributed by atoms with van der Waals surface area (Å²) in [6, 6.07) is 0. The Kier molecular flexibility index (Phi) is 6.11. The van der Waals surface area contributed by atoms with E-state index in [9.17, 15) is 0 Å². The summed E-state index contributed by atoms with van der Waals surface area (Å²) in [5, 5.41) is 3.24. The number of nitrogens with one attached hydrogen (secondary N) is 1. The van der Waals surface area contributed by atoms with Crippen LogP contribution in [-0.2, 0) is 0 Å². The summed E-state index contributed by atoms with van der Waals surface area (Å²) in [6.45, 7) is 14.2. The molecule has 0 saturated carbocycles. The predicted molar refractivity (Wildman–Crippen MR) is 59.5 cm³/mol. The van der Waals surface area contributed by atoms with Crippen molar-refractivity contribution in [2.24, 2.45) is 0 Å². The molecule has 0 bridgehead atoms. The quantitative estimate of drug-likeness (QED) is 0.608. The Hall–Kier alpha value is -0.920. The standard InChI is InChI=1S/C11H22N2/c1-6-8-12-10(3)11(4)13(5)9-7-2/h12H,3-4,6-9H2,1-2,5H3. The first kappa shape index (κ1) is 12.1. The van der Waals surface area contributed by atoms with Crippen molar-refractivity contribution in [1.82, 2.24) is 10.2 Å². The molecule has 0 atom stereocenters. The van der Waals surface area contributed by atoms with Crippen LogP contribution in [0, 0.1) is 0 Å². The second kappa shape index (κ2) is 6.58. The highest BCUT2D eigenvalue weighted by molar-refractivity contribution is 5.21. The highest BCUT2D eigenvalue weighted by Crippen LogP contribution is 2.06. The minimum absolute atomic E-state index is 0.942. The van der Waals surface area contributed by atoms with Gasteiger partial charge in [0.05, 0.1) is 5.70 Å². The van der Waals surface area contributed by atoms with Crippen molar-refractivity contribution in [3.8, 4) is 0 Å². The molecule has 0 radical (unpaired) electrons. The Morgan fingerprint density at radius 2 is 1.85 bits per heavy atom. The lowest BCUT2D eigenvalue weighted by atomic mass is 10.3. The van der Waals surface area contributed by atoms with Gasteiger partial charge in [-0.2, -0.15) is 0 Å². The summed E-state index contributed by atoms with van der Waals surface area (Å²) in [4.78, 5) is 2.13. The predicted octanol–water partition coefficient (Wildman–Crippen LogP) is 2.36. The first-order chi connectivity index (χ1) is 6.13. The minimum Gasteiger partial charge on any atom is -0.384 e. The van der Waals surface area contributed by atoms with Crippen LogP contribution in [0.15, 0.2) is 24.6 Å². The van der Waals surface area contributed by atoms with Crippen LogP contribution >= 0.6 is 0 Å². The third-order valence-corrected chi connectivity index (χ3v) is 1.96. The van der Waals surface area contributed by atoms with E-state index < -0.39 is 0 Å². The first-order valence-corrected chi connectivity index (χ1v) is 4.96. The molecule has 13 heavy (non-hydrogen) atoms. The fourth-order valence-electron chi connectivity index (χ4n) is 1.08. The van der Waals surface area contributed by atoms with Gasteiger partial charge < -0.3 is 10.2 Å². The molecule has 2 nitrogen and oxygen atoms in total. The Balaban J connectivity index is 3.87. The number of nitrogens with zero attached hydrogens (tertiary/aromatic N) is 1. The normalized spacial score (nSPS) is 9.46. The van der Waals surface area contributed by atoms with Crippen molar-refractivity contribution in [3.05, 3.63) is 24.6 Å². The molecule has 0 aliphatic carbocycles. The molecule has 0 aromatic heterocycles. The first-order valence-electron chi connectivity index (χ1n) is 4.96. The molecule has 0 spiro atoms. The topological polar surface area (TPSA) is 15.3 Å². The summed E-state index contributed by atoms with van der Waals surface area (Å²) < 4.78 is 0. The summed E-state index contributed by atoms with van der Waals surface area (Å²) in [7, 11) is 2.05. The fourth-order valence-corrected chi connectivity index (χ4v) is 1.08. The van der Waals surface area contributed by atoms with Gasteiger partial charge in [0, 0.05) is 25.8 Å². The lowest BCUT2D eigenvalue weighted by Crippen LogP contribution is -2.25. The molecule has 2 heteroatoms. The highest BCUT2D eigenvalue weighted by Gasteiger charge is 2.03. The Morgan fingerprint density at radius 3 is 2.31 bits per heavy atom. The summed E-state index contributed by atoms with van der Waals surface area (Å²) in [5.41, 5.74) is 1.94. The van der Waals surface area contributed by atoms with E-state index in [4.69, 9.17) is 0 Å². The highest BCUT2D eigenvalue weighted by atomic mass is 15.1. The monoisotopic (exact) mass is 182 g/mol. The molecule has 1 N–H and O–H groups in total. The fraction of sp³-hybridized carbons (Fsp3) is 0.636. The molecule has 0 amide bonds. The Morgan fingerprint density at radius 1 is 1.23 bits per heavy atom. The number of likely N-dealkylation sites (N-methyl/N-ethyl adjacent to an activating group) is 1. The van der Waals surface area contributed by atoms with E-state index in [1.54, 1.807) is 0 Å². The number of hydrogen-bond donors (Lipinski definition) is 1. The van der Waals surface area contributed by atoms with E-state index in [-0.39, 0.29) is 0 Å². The Bertz CT molecular complexity index is 173. The summed E-state index contributed by atoms with van der Waals surface area (Å²) in [6.07, 6.45) is 2.25. The second-order valence-corrected chi connectivity index (χ2v) is 3.27. The lowest BCUT2D eigenvalue weighted by Gasteiger charge is -2.23. The number of rotatable bonds is 7. The smallest absolute Gasteiger partial charge is 0.0520 e. The maximum Gasteiger partial charge on any atom is 0.0520 e. The maximum atomic E-state index is 3.99. The van der Waals surface area contributed by atoms with E-state index in [1.807, 2.05) is 7.05 Å². The SMILES string of the molecule is C=C(NCCC)C(=C)N(C)CCC. The molecule has 76 valence electrons. The van der Waals surface area contributed by atoms with Crippen LogP contribution in [0.25, 0.3) is 0 Å². The van der Waals surface area contributed by atoms with Crippen LogP contribution in [0.3, 0.4) is 0 Å². The molecular formula is C11H22N2. The zero-order valence-corrected chi connectivity index (χ0v) is 9.19. The van der Waals surface area contributed by atoms with Gasteiger partial charge in [-0.05, 0) is 12.8 Å². The summed E-state index contributed by atoms with van der Waals surface area (Å²) >= 11 is 0. The van der Waals surface area contributed by atoms with Gasteiger partial charge in [-0.3, -0.25) is 0 Å². The van der Waals surface area contributed by atoms with Crippen LogP contribution in [0.4, 0.5) is 0 Å². The maximum absolute atomic E-state index is 3.99. The van der Waals surface area contributed by atoms with Crippen molar-refractivity contribution in [3.63, 3.8) is 0 Å². The van der Waals surface area contributed by atoms with E-state index in [0.29, 0.717) is 0 Å². The van der Waals surface area contributed by atoms with Gasteiger partial charge in [0.1, 0.15) is 0 Å². The van der Waals surface area contributed by atoms with Gasteiger partial charge in [-0.25, -0.2) is 0 Å². The third kappa shape index (κ3) is 4.61. The van der Waals surface area contributed by atoms with Crippen molar-refractivity contribution in [2.75, 3.05) is 20.1 Å². The molecule has 0 fully saturated rings. The van der Waals surface area contributed by atoms with Crippen molar-refractivity contribution < 1.29 is 0 Å². The van der Waals surface area contributed by atoms with Crippen molar-refractivity contribution in [1.29, 1.82) is 0 Å². The van der Waals surface area contributed by atoms with Crippen LogP contribution < -0.4 is 5.32 Å². The zero-order chi connectivity index (χ0) is 10.3. The van der Waals surface area contributed by atoms with E-state index in [2.05, 4.69) is 37.2 Å². The summed E-state index contributed by atoms with van der Waals surface area (Å²) in [5.74, 6) is 0. The minimum atomic E-state index is 0.942. The van der Waals surface area contributed by atoms with Crippen molar-refractivity contribution >= 4 is 0 Å². The molecule has 0 aliphatic heterocycles. The largest absolute Gasteiger partial charge is 0.384 e. The molecule has 0 heterocycles. The second-order valence-electron chi connectivity index (χ2n) is 3.27. The van der Waals surface area contributed by atoms with Gasteiger partial charge in [0.2, 0.25) is 0 Å². The van der Waals surface area contributed by atoms with Gasteiger partial charge in [0.15, 0.2) is 0 Å². The van der Waals surface area contributed by atoms with Gasteiger partial charge >= 0.3 is 0 Å². The van der Waals surface area contributed by atoms with Crippen LogP contribution in [0.5, 0.6) is 0 Å². The van der Waals surface area contributed by atoms with Crippen molar-refractivity contribution in [2.45, 2.75) is 26.7 Å². The molecule has 0 aromatic carbocycles. The van der Waals surface area contributed by atoms with Gasteiger partial charge in [-0.15, -0.1) is 0 Å². The molecule has 0 saturated heterocycles. The van der Waals surface area contributed by atoms with Crippen LogP contribution in [-0.4, -0.2) is 25.0 Å². The van der Waals surface area contributed by atoms with E-state index in [0.717, 1.165) is 37.3 Å². The van der Waals surface area contributed by atoms with Crippen LogP contribution in [0.1, 0.15) is 26.7 Å². The molecular weight excluding hydrogens is 160 g/mol. The van der Waals surface area contributed by atoms with Gasteiger partial charge in [-0.1, -0.05) is 27.0 Å². The molecule has 0 rings (SSSR count). The van der Waals surface area contributed by atoms with Gasteiger partial charge in [0.25, 0.3) is 0 Å². The molecule has 0 aromatic rings.